The van der Waals surface area contributed by atoms with Crippen molar-refractivity contribution in [2.75, 3.05) is 13.1 Å². The molecule has 150 valence electrons. The molecule has 0 bridgehead atoms. The lowest BCUT2D eigenvalue weighted by Crippen LogP contribution is -2.55. The van der Waals surface area contributed by atoms with Crippen LogP contribution >= 0.6 is 12.4 Å². The van der Waals surface area contributed by atoms with Crippen LogP contribution in [0, 0.1) is 0 Å². The van der Waals surface area contributed by atoms with Gasteiger partial charge in [0.2, 0.25) is 5.91 Å². The number of carboxylic acids is 1. The molecule has 1 saturated heterocycles. The zero-order valence-corrected chi connectivity index (χ0v) is 16.7. The summed E-state index contributed by atoms with van der Waals surface area (Å²) in [5, 5.41) is 9.49. The Morgan fingerprint density at radius 2 is 1.31 bits per heavy atom. The summed E-state index contributed by atoms with van der Waals surface area (Å²) >= 11 is 0. The highest BCUT2D eigenvalue weighted by Gasteiger charge is 2.36. The smallest absolute Gasteiger partial charge is 0.320 e. The van der Waals surface area contributed by atoms with Crippen LogP contribution in [0.2, 0.25) is 0 Å². The van der Waals surface area contributed by atoms with Crippen LogP contribution < -0.4 is 0 Å². The normalized spacial score (nSPS) is 26.1. The molecule has 5 nitrogen and oxygen atoms in total. The molecule has 3 fully saturated rings. The van der Waals surface area contributed by atoms with E-state index in [1.54, 1.807) is 0 Å². The maximum absolute atomic E-state index is 13.3. The molecule has 1 heterocycles. The van der Waals surface area contributed by atoms with E-state index in [2.05, 4.69) is 4.90 Å². The predicted octanol–water partition coefficient (Wildman–Crippen LogP) is 3.84. The standard InChI is InChI=1S/C20H34N2O3.ClH/c23-19(15-21-14-8-7-13-18(21)20(24)25)22(16-9-3-1-4-10-16)17-11-5-2-6-12-17;/h16-18H,1-15H2,(H,24,25);1H. The molecule has 1 N–H and O–H groups in total. The van der Waals surface area contributed by atoms with Crippen molar-refractivity contribution in [1.29, 1.82) is 0 Å². The highest BCUT2D eigenvalue weighted by atomic mass is 35.5. The zero-order valence-electron chi connectivity index (χ0n) is 15.9. The van der Waals surface area contributed by atoms with E-state index in [1.165, 1.54) is 38.5 Å². The Labute approximate surface area is 163 Å². The molecule has 6 heteroatoms. The summed E-state index contributed by atoms with van der Waals surface area (Å²) in [4.78, 5) is 29.0. The van der Waals surface area contributed by atoms with E-state index in [4.69, 9.17) is 0 Å². The van der Waals surface area contributed by atoms with Crippen molar-refractivity contribution in [2.45, 2.75) is 102 Å². The van der Waals surface area contributed by atoms with Crippen LogP contribution in [0.3, 0.4) is 0 Å². The summed E-state index contributed by atoms with van der Waals surface area (Å²) in [5.41, 5.74) is 0. The third kappa shape index (κ3) is 5.35. The van der Waals surface area contributed by atoms with Gasteiger partial charge in [-0.25, -0.2) is 0 Å². The molecule has 1 atom stereocenters. The number of piperidine rings is 1. The van der Waals surface area contributed by atoms with E-state index in [0.29, 0.717) is 25.0 Å². The average Bonchev–Trinajstić information content (AvgIpc) is 2.64. The summed E-state index contributed by atoms with van der Waals surface area (Å²) in [6.07, 6.45) is 14.6. The van der Waals surface area contributed by atoms with Crippen LogP contribution in [0.5, 0.6) is 0 Å². The first kappa shape index (κ1) is 21.5. The van der Waals surface area contributed by atoms with Gasteiger partial charge in [-0.15, -0.1) is 12.4 Å². The van der Waals surface area contributed by atoms with E-state index in [-0.39, 0.29) is 18.3 Å². The van der Waals surface area contributed by atoms with Gasteiger partial charge < -0.3 is 10.0 Å². The molecular weight excluding hydrogens is 352 g/mol. The van der Waals surface area contributed by atoms with Gasteiger partial charge in [0.15, 0.2) is 0 Å². The summed E-state index contributed by atoms with van der Waals surface area (Å²) in [7, 11) is 0. The summed E-state index contributed by atoms with van der Waals surface area (Å²) in [5.74, 6) is -0.582. The van der Waals surface area contributed by atoms with Crippen molar-refractivity contribution in [3.05, 3.63) is 0 Å². The number of carbonyl (C=O) groups is 2. The number of hydrogen-bond acceptors (Lipinski definition) is 3. The SMILES string of the molecule is Cl.O=C(O)C1CCCCN1CC(=O)N(C1CCCCC1)C1CCCCC1. The Bertz CT molecular complexity index is 444. The lowest BCUT2D eigenvalue weighted by molar-refractivity contribution is -0.147. The van der Waals surface area contributed by atoms with Crippen molar-refractivity contribution >= 4 is 24.3 Å². The number of nitrogens with zero attached hydrogens (tertiary/aromatic N) is 2. The topological polar surface area (TPSA) is 60.9 Å². The van der Waals surface area contributed by atoms with Crippen molar-refractivity contribution < 1.29 is 14.7 Å². The number of rotatable bonds is 5. The molecule has 0 aromatic rings. The number of amides is 1. The minimum atomic E-state index is -0.769. The molecule has 1 amide bonds. The number of aliphatic carboxylic acids is 1. The second kappa shape index (κ2) is 10.5. The fourth-order valence-electron chi connectivity index (χ4n) is 5.14. The van der Waals surface area contributed by atoms with E-state index >= 15 is 0 Å². The third-order valence-corrected chi connectivity index (χ3v) is 6.46. The Morgan fingerprint density at radius 3 is 1.81 bits per heavy atom. The van der Waals surface area contributed by atoms with Crippen molar-refractivity contribution in [2.24, 2.45) is 0 Å². The first-order valence-corrected chi connectivity index (χ1v) is 10.4. The zero-order chi connectivity index (χ0) is 17.6. The van der Waals surface area contributed by atoms with Crippen LogP contribution in [-0.2, 0) is 9.59 Å². The van der Waals surface area contributed by atoms with Gasteiger partial charge in [0.25, 0.3) is 0 Å². The molecule has 1 unspecified atom stereocenters. The molecule has 2 saturated carbocycles. The van der Waals surface area contributed by atoms with Gasteiger partial charge in [0, 0.05) is 12.1 Å². The minimum absolute atomic E-state index is 0. The molecule has 3 rings (SSSR count). The lowest BCUT2D eigenvalue weighted by atomic mass is 9.88. The first-order valence-electron chi connectivity index (χ1n) is 10.4. The highest BCUT2D eigenvalue weighted by Crippen LogP contribution is 2.31. The van der Waals surface area contributed by atoms with Gasteiger partial charge in [0.1, 0.15) is 6.04 Å². The fourth-order valence-corrected chi connectivity index (χ4v) is 5.14. The monoisotopic (exact) mass is 386 g/mol. The van der Waals surface area contributed by atoms with E-state index in [1.807, 2.05) is 4.90 Å². The summed E-state index contributed by atoms with van der Waals surface area (Å²) in [6, 6.07) is 0.298. The molecule has 26 heavy (non-hydrogen) atoms. The molecule has 0 spiro atoms. The second-order valence-electron chi connectivity index (χ2n) is 8.20. The maximum atomic E-state index is 13.3. The van der Waals surface area contributed by atoms with Gasteiger partial charge in [-0.2, -0.15) is 0 Å². The van der Waals surface area contributed by atoms with Gasteiger partial charge in [0.05, 0.1) is 6.54 Å². The van der Waals surface area contributed by atoms with Gasteiger partial charge >= 0.3 is 5.97 Å². The molecule has 0 radical (unpaired) electrons. The molecular formula is C20H35ClN2O3. The molecule has 2 aliphatic carbocycles. The number of likely N-dealkylation sites (tertiary alicyclic amines) is 1. The molecule has 0 aromatic carbocycles. The van der Waals surface area contributed by atoms with Crippen LogP contribution in [0.25, 0.3) is 0 Å². The van der Waals surface area contributed by atoms with Crippen LogP contribution in [0.15, 0.2) is 0 Å². The number of halogens is 1. The number of carbonyl (C=O) groups excluding carboxylic acids is 1. The first-order chi connectivity index (χ1) is 12.2. The van der Waals surface area contributed by atoms with Crippen molar-refractivity contribution in [3.8, 4) is 0 Å². The Balaban J connectivity index is 0.00000243. The molecule has 0 aromatic heterocycles. The van der Waals surface area contributed by atoms with Gasteiger partial charge in [-0.3, -0.25) is 14.5 Å². The Kier molecular flexibility index (Phi) is 8.68. The van der Waals surface area contributed by atoms with Gasteiger partial charge in [-0.1, -0.05) is 44.9 Å². The lowest BCUT2D eigenvalue weighted by Gasteiger charge is -2.43. The fraction of sp³-hybridized carbons (Fsp3) is 0.900. The quantitative estimate of drug-likeness (QED) is 0.779. The maximum Gasteiger partial charge on any atom is 0.320 e. The predicted molar refractivity (Wildman–Crippen MR) is 105 cm³/mol. The largest absolute Gasteiger partial charge is 0.480 e. The van der Waals surface area contributed by atoms with E-state index in [0.717, 1.165) is 45.1 Å². The van der Waals surface area contributed by atoms with E-state index < -0.39 is 12.0 Å². The summed E-state index contributed by atoms with van der Waals surface area (Å²) in [6.45, 7) is 1.04. The molecule has 1 aliphatic heterocycles. The van der Waals surface area contributed by atoms with Crippen LogP contribution in [-0.4, -0.2) is 58.0 Å². The minimum Gasteiger partial charge on any atom is -0.480 e. The summed E-state index contributed by atoms with van der Waals surface area (Å²) < 4.78 is 0. The van der Waals surface area contributed by atoms with E-state index in [9.17, 15) is 14.7 Å². The highest BCUT2D eigenvalue weighted by molar-refractivity contribution is 5.85. The van der Waals surface area contributed by atoms with Crippen molar-refractivity contribution in [1.82, 2.24) is 9.80 Å². The van der Waals surface area contributed by atoms with Crippen molar-refractivity contribution in [3.63, 3.8) is 0 Å². The third-order valence-electron chi connectivity index (χ3n) is 6.46. The average molecular weight is 387 g/mol. The Morgan fingerprint density at radius 1 is 0.808 bits per heavy atom. The Hall–Kier alpha value is -0.810. The van der Waals surface area contributed by atoms with Crippen LogP contribution in [0.1, 0.15) is 83.5 Å². The van der Waals surface area contributed by atoms with Crippen LogP contribution in [0.4, 0.5) is 0 Å². The number of carboxylic acid groups (broad SMARTS) is 1. The number of hydrogen-bond donors (Lipinski definition) is 1. The molecule has 3 aliphatic rings. The van der Waals surface area contributed by atoms with Gasteiger partial charge in [-0.05, 0) is 45.1 Å². The second-order valence-corrected chi connectivity index (χ2v) is 8.20.